The molecule has 2 heterocycles. The van der Waals surface area contributed by atoms with Crippen molar-refractivity contribution in [2.45, 2.75) is 59.3 Å². The third kappa shape index (κ3) is 4.32. The number of piperidine rings is 1. The zero-order valence-corrected chi connectivity index (χ0v) is 14.2. The summed E-state index contributed by atoms with van der Waals surface area (Å²) in [5, 5.41) is 3.42. The van der Waals surface area contributed by atoms with Crippen molar-refractivity contribution in [3.63, 3.8) is 0 Å². The van der Waals surface area contributed by atoms with E-state index in [9.17, 15) is 0 Å². The average Bonchev–Trinajstić information content (AvgIpc) is 2.44. The first-order valence-electron chi connectivity index (χ1n) is 8.28. The third-order valence-electron chi connectivity index (χ3n) is 4.05. The quantitative estimate of drug-likeness (QED) is 0.915. The Balaban J connectivity index is 2.26. The van der Waals surface area contributed by atoms with E-state index in [0.717, 1.165) is 49.4 Å². The van der Waals surface area contributed by atoms with E-state index in [1.165, 1.54) is 12.8 Å². The Bertz CT molecular complexity index is 456. The molecule has 0 unspecified atom stereocenters. The first kappa shape index (κ1) is 16.1. The molecule has 1 aliphatic rings. The Morgan fingerprint density at radius 1 is 1.24 bits per heavy atom. The first-order valence-corrected chi connectivity index (χ1v) is 8.28. The van der Waals surface area contributed by atoms with Crippen molar-refractivity contribution in [2.24, 2.45) is 5.92 Å². The van der Waals surface area contributed by atoms with Crippen LogP contribution in [0.4, 0.5) is 11.6 Å². The highest BCUT2D eigenvalue weighted by atomic mass is 15.2. The van der Waals surface area contributed by atoms with Crippen molar-refractivity contribution in [1.29, 1.82) is 0 Å². The molecule has 0 bridgehead atoms. The largest absolute Gasteiger partial charge is 0.370 e. The van der Waals surface area contributed by atoms with Gasteiger partial charge in [0.2, 0.25) is 0 Å². The topological polar surface area (TPSA) is 41.0 Å². The molecular formula is C17H30N4. The van der Waals surface area contributed by atoms with Gasteiger partial charge in [0.15, 0.2) is 0 Å². The van der Waals surface area contributed by atoms with E-state index in [0.29, 0.717) is 0 Å². The van der Waals surface area contributed by atoms with Gasteiger partial charge in [-0.25, -0.2) is 9.97 Å². The van der Waals surface area contributed by atoms with Crippen LogP contribution in [0.5, 0.6) is 0 Å². The molecule has 1 fully saturated rings. The van der Waals surface area contributed by atoms with Gasteiger partial charge >= 0.3 is 0 Å². The smallest absolute Gasteiger partial charge is 0.138 e. The van der Waals surface area contributed by atoms with Gasteiger partial charge in [0, 0.05) is 31.1 Å². The number of rotatable bonds is 4. The molecule has 1 aromatic rings. The monoisotopic (exact) mass is 290 g/mol. The molecular weight excluding hydrogens is 260 g/mol. The minimum absolute atomic E-state index is 0.0261. The van der Waals surface area contributed by atoms with E-state index in [2.05, 4.69) is 50.9 Å². The van der Waals surface area contributed by atoms with E-state index < -0.39 is 0 Å². The molecule has 118 valence electrons. The van der Waals surface area contributed by atoms with Crippen LogP contribution in [0.15, 0.2) is 6.07 Å². The van der Waals surface area contributed by atoms with Crippen LogP contribution < -0.4 is 10.2 Å². The Hall–Kier alpha value is -1.32. The van der Waals surface area contributed by atoms with Gasteiger partial charge in [-0.1, -0.05) is 34.6 Å². The van der Waals surface area contributed by atoms with Crippen LogP contribution in [0.1, 0.15) is 59.7 Å². The summed E-state index contributed by atoms with van der Waals surface area (Å²) in [5.74, 6) is 3.81. The van der Waals surface area contributed by atoms with Crippen molar-refractivity contribution >= 4 is 11.6 Å². The molecule has 0 amide bonds. The van der Waals surface area contributed by atoms with Crippen LogP contribution in [-0.4, -0.2) is 29.6 Å². The van der Waals surface area contributed by atoms with Crippen molar-refractivity contribution < 1.29 is 0 Å². The van der Waals surface area contributed by atoms with Crippen molar-refractivity contribution in [1.82, 2.24) is 9.97 Å². The molecule has 0 spiro atoms. The highest BCUT2D eigenvalue weighted by Crippen LogP contribution is 2.27. The number of nitrogens with one attached hydrogen (secondary N) is 1. The molecule has 4 heteroatoms. The average molecular weight is 290 g/mol. The summed E-state index contributed by atoms with van der Waals surface area (Å²) in [7, 11) is 0. The first-order chi connectivity index (χ1) is 9.90. The van der Waals surface area contributed by atoms with Gasteiger partial charge in [0.25, 0.3) is 0 Å². The number of hydrogen-bond donors (Lipinski definition) is 1. The minimum Gasteiger partial charge on any atom is -0.370 e. The highest BCUT2D eigenvalue weighted by Gasteiger charge is 2.22. The maximum Gasteiger partial charge on any atom is 0.138 e. The molecule has 0 aromatic carbocycles. The van der Waals surface area contributed by atoms with Gasteiger partial charge in [-0.2, -0.15) is 0 Å². The predicted octanol–water partition coefficient (Wildman–Crippen LogP) is 3.83. The van der Waals surface area contributed by atoms with Crippen molar-refractivity contribution in [3.05, 3.63) is 11.9 Å². The summed E-state index contributed by atoms with van der Waals surface area (Å²) in [4.78, 5) is 12.0. The maximum absolute atomic E-state index is 4.84. The molecule has 1 aliphatic heterocycles. The molecule has 0 saturated carbocycles. The summed E-state index contributed by atoms with van der Waals surface area (Å²) < 4.78 is 0. The number of anilines is 2. The standard InChI is InChI=1S/C17H30N4/c1-6-9-18-14-12-15(20-16(19-14)17(3,4)5)21-10-7-13(2)8-11-21/h12-13H,6-11H2,1-5H3,(H,18,19,20). The van der Waals surface area contributed by atoms with Gasteiger partial charge in [-0.3, -0.25) is 0 Å². The molecule has 1 saturated heterocycles. The van der Waals surface area contributed by atoms with Gasteiger partial charge in [0.05, 0.1) is 0 Å². The second-order valence-corrected chi connectivity index (χ2v) is 7.28. The second-order valence-electron chi connectivity index (χ2n) is 7.28. The predicted molar refractivity (Wildman–Crippen MR) is 90.1 cm³/mol. The summed E-state index contributed by atoms with van der Waals surface area (Å²) in [6.07, 6.45) is 3.62. The van der Waals surface area contributed by atoms with Gasteiger partial charge in [0.1, 0.15) is 17.5 Å². The molecule has 0 aliphatic carbocycles. The van der Waals surface area contributed by atoms with E-state index in [4.69, 9.17) is 9.97 Å². The fraction of sp³-hybridized carbons (Fsp3) is 0.765. The fourth-order valence-electron chi connectivity index (χ4n) is 2.51. The lowest BCUT2D eigenvalue weighted by atomic mass is 9.95. The van der Waals surface area contributed by atoms with Crippen LogP contribution in [0.25, 0.3) is 0 Å². The second kappa shape index (κ2) is 6.63. The fourth-order valence-corrected chi connectivity index (χ4v) is 2.51. The molecule has 0 atom stereocenters. The normalized spacial score (nSPS) is 17.1. The Labute approximate surface area is 129 Å². The minimum atomic E-state index is -0.0261. The lowest BCUT2D eigenvalue weighted by Crippen LogP contribution is -2.34. The number of nitrogens with zero attached hydrogens (tertiary/aromatic N) is 3. The summed E-state index contributed by atoms with van der Waals surface area (Å²) >= 11 is 0. The van der Waals surface area contributed by atoms with Crippen LogP contribution >= 0.6 is 0 Å². The molecule has 1 aromatic heterocycles. The van der Waals surface area contributed by atoms with Crippen LogP contribution in [0.2, 0.25) is 0 Å². The van der Waals surface area contributed by atoms with Gasteiger partial charge in [-0.05, 0) is 25.2 Å². The van der Waals surface area contributed by atoms with Crippen LogP contribution in [0.3, 0.4) is 0 Å². The van der Waals surface area contributed by atoms with Crippen molar-refractivity contribution in [3.8, 4) is 0 Å². The summed E-state index contributed by atoms with van der Waals surface area (Å²) in [6.45, 7) is 14.2. The highest BCUT2D eigenvalue weighted by molar-refractivity contribution is 5.50. The lowest BCUT2D eigenvalue weighted by Gasteiger charge is -2.32. The molecule has 2 rings (SSSR count). The summed E-state index contributed by atoms with van der Waals surface area (Å²) in [5.41, 5.74) is -0.0261. The molecule has 0 radical (unpaired) electrons. The van der Waals surface area contributed by atoms with Crippen LogP contribution in [-0.2, 0) is 5.41 Å². The lowest BCUT2D eigenvalue weighted by molar-refractivity contribution is 0.435. The zero-order valence-electron chi connectivity index (χ0n) is 14.2. The summed E-state index contributed by atoms with van der Waals surface area (Å²) in [6, 6.07) is 2.11. The Morgan fingerprint density at radius 2 is 1.90 bits per heavy atom. The van der Waals surface area contributed by atoms with E-state index in [1.54, 1.807) is 0 Å². The maximum atomic E-state index is 4.84. The van der Waals surface area contributed by atoms with Gasteiger partial charge in [-0.15, -0.1) is 0 Å². The Morgan fingerprint density at radius 3 is 2.48 bits per heavy atom. The number of aromatic nitrogens is 2. The van der Waals surface area contributed by atoms with Crippen LogP contribution in [0, 0.1) is 5.92 Å². The molecule has 21 heavy (non-hydrogen) atoms. The Kier molecular flexibility index (Phi) is 5.07. The van der Waals surface area contributed by atoms with Crippen molar-refractivity contribution in [2.75, 3.05) is 29.9 Å². The number of hydrogen-bond acceptors (Lipinski definition) is 4. The SMILES string of the molecule is CCCNc1cc(N2CCC(C)CC2)nc(C(C)(C)C)n1. The molecule has 4 nitrogen and oxygen atoms in total. The van der Waals surface area contributed by atoms with E-state index >= 15 is 0 Å². The molecule has 1 N–H and O–H groups in total. The third-order valence-corrected chi connectivity index (χ3v) is 4.05. The van der Waals surface area contributed by atoms with E-state index in [-0.39, 0.29) is 5.41 Å². The van der Waals surface area contributed by atoms with E-state index in [1.807, 2.05) is 0 Å². The van der Waals surface area contributed by atoms with Gasteiger partial charge < -0.3 is 10.2 Å². The zero-order chi connectivity index (χ0) is 15.5.